The predicted molar refractivity (Wildman–Crippen MR) is 222 cm³/mol. The largest absolute Gasteiger partial charge is 0.0642 e. The molecule has 0 heterocycles. The van der Waals surface area contributed by atoms with E-state index in [1.807, 2.05) is 0 Å². The first-order valence-corrected chi connectivity index (χ1v) is 20.1. The van der Waals surface area contributed by atoms with Gasteiger partial charge in [-0.15, -0.1) is 0 Å². The Balaban J connectivity index is 1.13. The molecule has 0 aromatic heterocycles. The molecular formula is C52H52. The Morgan fingerprint density at radius 1 is 0.308 bits per heavy atom. The van der Waals surface area contributed by atoms with Crippen molar-refractivity contribution in [3.8, 4) is 55.6 Å². The molecule has 52 heavy (non-hydrogen) atoms. The van der Waals surface area contributed by atoms with Gasteiger partial charge in [0, 0.05) is 16.2 Å². The third kappa shape index (κ3) is 4.22. The molecule has 0 unspecified atom stereocenters. The van der Waals surface area contributed by atoms with E-state index in [0.29, 0.717) is 0 Å². The van der Waals surface area contributed by atoms with E-state index in [9.17, 15) is 0 Å². The van der Waals surface area contributed by atoms with Crippen LogP contribution in [0.25, 0.3) is 55.6 Å². The topological polar surface area (TPSA) is 0 Å². The highest BCUT2D eigenvalue weighted by molar-refractivity contribution is 5.89. The van der Waals surface area contributed by atoms with E-state index in [2.05, 4.69) is 164 Å². The molecule has 0 spiro atoms. The Morgan fingerprint density at radius 3 is 0.962 bits per heavy atom. The van der Waals surface area contributed by atoms with Crippen molar-refractivity contribution < 1.29 is 0 Å². The van der Waals surface area contributed by atoms with Gasteiger partial charge in [0.15, 0.2) is 0 Å². The van der Waals surface area contributed by atoms with Crippen LogP contribution in [0, 0.1) is 6.92 Å². The standard InChI is InChI=1S/C52H52/c1-8-50(9-2)44-17-15-14-16-38(44)40-24-19-34(29-46(40)50)36-21-26-42-43-27-22-37(32-49(43)52(12-5,13-6)48(42)31-36)35-20-25-41-39-23-18-33(7)28-45(39)51(10-3,11-4)47(41)30-35/h14-32H,8-13H2,1-7H3. The zero-order valence-electron chi connectivity index (χ0n) is 32.2. The van der Waals surface area contributed by atoms with Crippen LogP contribution < -0.4 is 0 Å². The molecule has 0 nitrogen and oxygen atoms in total. The summed E-state index contributed by atoms with van der Waals surface area (Å²) in [6, 6.07) is 45.6. The van der Waals surface area contributed by atoms with Gasteiger partial charge < -0.3 is 0 Å². The van der Waals surface area contributed by atoms with E-state index < -0.39 is 0 Å². The lowest BCUT2D eigenvalue weighted by atomic mass is 9.72. The number of aryl methyl sites for hydroxylation is 1. The summed E-state index contributed by atoms with van der Waals surface area (Å²) in [6.07, 6.45) is 6.62. The van der Waals surface area contributed by atoms with E-state index in [4.69, 9.17) is 0 Å². The molecule has 0 radical (unpaired) electrons. The van der Waals surface area contributed by atoms with Crippen LogP contribution in [0.1, 0.15) is 119 Å². The minimum Gasteiger partial charge on any atom is -0.0642 e. The molecule has 0 saturated heterocycles. The third-order valence-corrected chi connectivity index (χ3v) is 14.4. The first kappa shape index (κ1) is 33.2. The summed E-state index contributed by atoms with van der Waals surface area (Å²) in [5, 5.41) is 0. The van der Waals surface area contributed by atoms with Crippen molar-refractivity contribution in [2.45, 2.75) is 103 Å². The lowest BCUT2D eigenvalue weighted by Crippen LogP contribution is -2.23. The first-order valence-electron chi connectivity index (χ1n) is 20.1. The van der Waals surface area contributed by atoms with Gasteiger partial charge in [0.05, 0.1) is 0 Å². The normalized spacial score (nSPS) is 16.1. The molecule has 0 atom stereocenters. The first-order chi connectivity index (χ1) is 25.3. The van der Waals surface area contributed by atoms with Crippen LogP contribution in [0.2, 0.25) is 0 Å². The second-order valence-corrected chi connectivity index (χ2v) is 16.0. The fourth-order valence-corrected chi connectivity index (χ4v) is 11.3. The zero-order valence-corrected chi connectivity index (χ0v) is 32.2. The summed E-state index contributed by atoms with van der Waals surface area (Å²) in [7, 11) is 0. The molecule has 0 fully saturated rings. The number of benzene rings is 6. The van der Waals surface area contributed by atoms with Crippen molar-refractivity contribution >= 4 is 0 Å². The average molecular weight is 677 g/mol. The molecule has 3 aliphatic carbocycles. The van der Waals surface area contributed by atoms with Crippen LogP contribution in [-0.2, 0) is 16.2 Å². The van der Waals surface area contributed by atoms with Crippen LogP contribution in [0.5, 0.6) is 0 Å². The van der Waals surface area contributed by atoms with E-state index in [-0.39, 0.29) is 16.2 Å². The molecule has 0 N–H and O–H groups in total. The Morgan fingerprint density at radius 2 is 0.596 bits per heavy atom. The maximum atomic E-state index is 2.55. The quantitative estimate of drug-likeness (QED) is 0.150. The Bertz CT molecular complexity index is 2390. The molecule has 0 amide bonds. The van der Waals surface area contributed by atoms with Gasteiger partial charge in [0.25, 0.3) is 0 Å². The molecule has 0 saturated carbocycles. The van der Waals surface area contributed by atoms with Crippen molar-refractivity contribution in [1.29, 1.82) is 0 Å². The number of hydrogen-bond donors (Lipinski definition) is 0. The molecule has 6 aromatic rings. The lowest BCUT2D eigenvalue weighted by Gasteiger charge is -2.31. The summed E-state index contributed by atoms with van der Waals surface area (Å²) in [5.74, 6) is 0. The van der Waals surface area contributed by atoms with Gasteiger partial charge in [-0.3, -0.25) is 0 Å². The van der Waals surface area contributed by atoms with Crippen molar-refractivity contribution in [2.24, 2.45) is 0 Å². The Labute approximate surface area is 312 Å². The molecule has 3 aliphatic rings. The predicted octanol–water partition coefficient (Wildman–Crippen LogP) is 14.6. The van der Waals surface area contributed by atoms with Crippen molar-refractivity contribution in [3.05, 3.63) is 154 Å². The van der Waals surface area contributed by atoms with Crippen molar-refractivity contribution in [3.63, 3.8) is 0 Å². The van der Waals surface area contributed by atoms with Crippen LogP contribution in [0.4, 0.5) is 0 Å². The van der Waals surface area contributed by atoms with Crippen LogP contribution in [0.3, 0.4) is 0 Å². The highest BCUT2D eigenvalue weighted by Gasteiger charge is 2.43. The summed E-state index contributed by atoms with van der Waals surface area (Å²) < 4.78 is 0. The average Bonchev–Trinajstić information content (AvgIpc) is 3.75. The summed E-state index contributed by atoms with van der Waals surface area (Å²) in [5.41, 5.74) is 24.4. The van der Waals surface area contributed by atoms with E-state index >= 15 is 0 Å². The van der Waals surface area contributed by atoms with Gasteiger partial charge in [0.1, 0.15) is 0 Å². The molecule has 6 aromatic carbocycles. The van der Waals surface area contributed by atoms with Crippen molar-refractivity contribution in [1.82, 2.24) is 0 Å². The van der Waals surface area contributed by atoms with E-state index in [0.717, 1.165) is 38.5 Å². The highest BCUT2D eigenvalue weighted by atomic mass is 14.5. The molecule has 0 heteroatoms. The van der Waals surface area contributed by atoms with Gasteiger partial charge in [0.2, 0.25) is 0 Å². The molecule has 0 bridgehead atoms. The van der Waals surface area contributed by atoms with E-state index in [1.165, 1.54) is 94.6 Å². The molecular weight excluding hydrogens is 625 g/mol. The summed E-state index contributed by atoms with van der Waals surface area (Å²) in [6.45, 7) is 16.5. The summed E-state index contributed by atoms with van der Waals surface area (Å²) in [4.78, 5) is 0. The Hall–Kier alpha value is -4.68. The number of rotatable bonds is 8. The lowest BCUT2D eigenvalue weighted by molar-refractivity contribution is 0.490. The second kappa shape index (κ2) is 11.9. The summed E-state index contributed by atoms with van der Waals surface area (Å²) >= 11 is 0. The monoisotopic (exact) mass is 676 g/mol. The molecule has 0 aliphatic heterocycles. The van der Waals surface area contributed by atoms with Crippen LogP contribution >= 0.6 is 0 Å². The van der Waals surface area contributed by atoms with Crippen molar-refractivity contribution in [2.75, 3.05) is 0 Å². The third-order valence-electron chi connectivity index (χ3n) is 14.4. The van der Waals surface area contributed by atoms with E-state index in [1.54, 1.807) is 0 Å². The van der Waals surface area contributed by atoms with Crippen LogP contribution in [0.15, 0.2) is 115 Å². The van der Waals surface area contributed by atoms with Gasteiger partial charge in [-0.05, 0) is 159 Å². The highest BCUT2D eigenvalue weighted by Crippen LogP contribution is 2.57. The fraction of sp³-hybridized carbons (Fsp3) is 0.308. The number of hydrogen-bond acceptors (Lipinski definition) is 0. The van der Waals surface area contributed by atoms with Gasteiger partial charge in [-0.2, -0.15) is 0 Å². The maximum absolute atomic E-state index is 2.55. The molecule has 9 rings (SSSR count). The zero-order chi connectivity index (χ0) is 36.0. The number of fused-ring (bicyclic) bond motifs is 9. The van der Waals surface area contributed by atoms with Crippen LogP contribution in [-0.4, -0.2) is 0 Å². The van der Waals surface area contributed by atoms with Gasteiger partial charge in [-0.25, -0.2) is 0 Å². The van der Waals surface area contributed by atoms with Gasteiger partial charge >= 0.3 is 0 Å². The minimum atomic E-state index is -0.0126. The minimum absolute atomic E-state index is 0.0126. The fourth-order valence-electron chi connectivity index (χ4n) is 11.3. The SMILES string of the molecule is CCC1(CC)c2ccccc2-c2ccc(-c3ccc4c(c3)C(CC)(CC)c3cc(-c5ccc6c(c5)C(CC)(CC)c5cc(C)ccc5-6)ccc3-4)cc21. The second-order valence-electron chi connectivity index (χ2n) is 16.0. The maximum Gasteiger partial charge on any atom is 0.0210 e. The molecule has 260 valence electrons. The van der Waals surface area contributed by atoms with Gasteiger partial charge in [-0.1, -0.05) is 138 Å². The Kier molecular flexibility index (Phi) is 7.61. The smallest absolute Gasteiger partial charge is 0.0210 e.